The van der Waals surface area contributed by atoms with Gasteiger partial charge in [0.2, 0.25) is 11.8 Å². The van der Waals surface area contributed by atoms with Gasteiger partial charge in [-0.15, -0.1) is 10.2 Å². The molecule has 4 aromatic rings. The molecule has 2 aromatic heterocycles. The van der Waals surface area contributed by atoms with Crippen molar-refractivity contribution >= 4 is 5.91 Å². The minimum absolute atomic E-state index is 0.253. The summed E-state index contributed by atoms with van der Waals surface area (Å²) < 4.78 is 11.1. The van der Waals surface area contributed by atoms with Crippen molar-refractivity contribution in [3.8, 4) is 22.8 Å². The fourth-order valence-corrected chi connectivity index (χ4v) is 3.83. The first kappa shape index (κ1) is 19.2. The van der Waals surface area contributed by atoms with Crippen molar-refractivity contribution in [2.24, 2.45) is 0 Å². The Morgan fingerprint density at radius 3 is 2.65 bits per heavy atom. The summed E-state index contributed by atoms with van der Waals surface area (Å²) in [5.41, 5.74) is 4.84. The third kappa shape index (κ3) is 4.26. The van der Waals surface area contributed by atoms with Crippen LogP contribution in [-0.2, 0) is 19.3 Å². The van der Waals surface area contributed by atoms with Crippen LogP contribution in [-0.4, -0.2) is 27.8 Å². The van der Waals surface area contributed by atoms with Crippen molar-refractivity contribution in [2.45, 2.75) is 32.1 Å². The maximum atomic E-state index is 12.4. The van der Waals surface area contributed by atoms with E-state index in [2.05, 4.69) is 32.8 Å². The molecule has 31 heavy (non-hydrogen) atoms. The molecule has 2 heterocycles. The van der Waals surface area contributed by atoms with Gasteiger partial charge in [-0.25, -0.2) is 0 Å². The summed E-state index contributed by atoms with van der Waals surface area (Å²) in [6.45, 7) is 0.357. The van der Waals surface area contributed by atoms with Crippen molar-refractivity contribution in [3.63, 3.8) is 0 Å². The molecule has 1 aliphatic carbocycles. The van der Waals surface area contributed by atoms with E-state index in [-0.39, 0.29) is 11.6 Å². The highest BCUT2D eigenvalue weighted by atomic mass is 16.5. The highest BCUT2D eigenvalue weighted by Crippen LogP contribution is 2.28. The standard InChI is InChI=1S/C24H22N4O3/c29-23(25-13-12-22-26-27-24(30-22)17-7-2-1-3-8-17)20-15-21(31-28-20)19-11-10-16-6-4-5-9-18(16)14-19/h1-3,7-8,10-11,14-15H,4-6,9,12-13H2,(H,25,29). The summed E-state index contributed by atoms with van der Waals surface area (Å²) in [4.78, 5) is 12.4. The maximum absolute atomic E-state index is 12.4. The lowest BCUT2D eigenvalue weighted by atomic mass is 9.90. The van der Waals surface area contributed by atoms with E-state index in [1.165, 1.54) is 24.0 Å². The summed E-state index contributed by atoms with van der Waals surface area (Å²) in [7, 11) is 0. The monoisotopic (exact) mass is 414 g/mol. The summed E-state index contributed by atoms with van der Waals surface area (Å²) in [5, 5.41) is 14.8. The topological polar surface area (TPSA) is 94.1 Å². The SMILES string of the molecule is O=C(NCCc1nnc(-c2ccccc2)o1)c1cc(-c2ccc3c(c2)CCCC3)on1. The number of hydrogen-bond acceptors (Lipinski definition) is 6. The Balaban J connectivity index is 1.18. The van der Waals surface area contributed by atoms with E-state index in [9.17, 15) is 4.79 Å². The zero-order chi connectivity index (χ0) is 21.0. The molecule has 0 fully saturated rings. The zero-order valence-electron chi connectivity index (χ0n) is 17.0. The minimum atomic E-state index is -0.296. The van der Waals surface area contributed by atoms with E-state index in [1.807, 2.05) is 36.4 Å². The summed E-state index contributed by atoms with van der Waals surface area (Å²) >= 11 is 0. The Morgan fingerprint density at radius 2 is 1.77 bits per heavy atom. The number of nitrogens with zero attached hydrogens (tertiary/aromatic N) is 3. The third-order valence-electron chi connectivity index (χ3n) is 5.49. The lowest BCUT2D eigenvalue weighted by Crippen LogP contribution is -2.26. The predicted octanol–water partition coefficient (Wildman–Crippen LogP) is 4.24. The van der Waals surface area contributed by atoms with E-state index in [1.54, 1.807) is 6.07 Å². The molecule has 0 radical (unpaired) electrons. The molecule has 156 valence electrons. The van der Waals surface area contributed by atoms with Gasteiger partial charge in [0.15, 0.2) is 11.5 Å². The van der Waals surface area contributed by atoms with Crippen LogP contribution in [0.15, 0.2) is 63.5 Å². The van der Waals surface area contributed by atoms with Crippen LogP contribution in [0, 0.1) is 0 Å². The fourth-order valence-electron chi connectivity index (χ4n) is 3.83. The molecule has 5 rings (SSSR count). The second-order valence-corrected chi connectivity index (χ2v) is 7.64. The predicted molar refractivity (Wildman–Crippen MR) is 114 cm³/mol. The molecule has 0 aliphatic heterocycles. The number of carbonyl (C=O) groups is 1. The Bertz CT molecular complexity index is 1200. The number of fused-ring (bicyclic) bond motifs is 1. The number of carbonyl (C=O) groups excluding carboxylic acids is 1. The lowest BCUT2D eigenvalue weighted by Gasteiger charge is -2.15. The molecule has 1 amide bonds. The number of hydrogen-bond donors (Lipinski definition) is 1. The van der Waals surface area contributed by atoms with Crippen LogP contribution in [0.25, 0.3) is 22.8 Å². The summed E-state index contributed by atoms with van der Waals surface area (Å²) in [5.74, 6) is 1.24. The Hall–Kier alpha value is -3.74. The Labute approximate surface area is 179 Å². The summed E-state index contributed by atoms with van der Waals surface area (Å²) in [6, 6.07) is 17.6. The second-order valence-electron chi connectivity index (χ2n) is 7.64. The highest BCUT2D eigenvalue weighted by Gasteiger charge is 2.16. The smallest absolute Gasteiger partial charge is 0.273 e. The van der Waals surface area contributed by atoms with Gasteiger partial charge in [0.05, 0.1) is 0 Å². The number of amides is 1. The van der Waals surface area contributed by atoms with Crippen LogP contribution < -0.4 is 5.32 Å². The molecular weight excluding hydrogens is 392 g/mol. The van der Waals surface area contributed by atoms with Crippen molar-refractivity contribution in [2.75, 3.05) is 6.54 Å². The van der Waals surface area contributed by atoms with Gasteiger partial charge in [-0.2, -0.15) is 0 Å². The number of rotatable bonds is 6. The van der Waals surface area contributed by atoms with E-state index in [4.69, 9.17) is 8.94 Å². The summed E-state index contributed by atoms with van der Waals surface area (Å²) in [6.07, 6.45) is 5.11. The first-order valence-corrected chi connectivity index (χ1v) is 10.5. The molecule has 0 unspecified atom stereocenters. The van der Waals surface area contributed by atoms with Gasteiger partial charge >= 0.3 is 0 Å². The van der Waals surface area contributed by atoms with Crippen LogP contribution in [0.1, 0.15) is 40.3 Å². The third-order valence-corrected chi connectivity index (χ3v) is 5.49. The van der Waals surface area contributed by atoms with Crippen LogP contribution in [0.4, 0.5) is 0 Å². The van der Waals surface area contributed by atoms with Crippen molar-refractivity contribution in [1.29, 1.82) is 0 Å². The van der Waals surface area contributed by atoms with E-state index < -0.39 is 0 Å². The number of nitrogens with one attached hydrogen (secondary N) is 1. The molecule has 1 N–H and O–H groups in total. The largest absolute Gasteiger partial charge is 0.421 e. The van der Waals surface area contributed by atoms with E-state index in [0.717, 1.165) is 24.0 Å². The van der Waals surface area contributed by atoms with E-state index in [0.29, 0.717) is 30.5 Å². The first-order valence-electron chi connectivity index (χ1n) is 10.5. The van der Waals surface area contributed by atoms with Gasteiger partial charge in [-0.1, -0.05) is 35.5 Å². The van der Waals surface area contributed by atoms with Gasteiger partial charge < -0.3 is 14.3 Å². The highest BCUT2D eigenvalue weighted by molar-refractivity contribution is 5.93. The average Bonchev–Trinajstić information content (AvgIpc) is 3.50. The van der Waals surface area contributed by atoms with Gasteiger partial charge in [0, 0.05) is 30.2 Å². The van der Waals surface area contributed by atoms with Gasteiger partial charge in [-0.3, -0.25) is 4.79 Å². The molecule has 0 saturated carbocycles. The van der Waals surface area contributed by atoms with Crippen molar-refractivity contribution in [3.05, 3.63) is 77.3 Å². The normalized spacial score (nSPS) is 13.0. The number of benzene rings is 2. The number of aryl methyl sites for hydroxylation is 2. The van der Waals surface area contributed by atoms with Gasteiger partial charge in [-0.05, 0) is 55.0 Å². The molecule has 1 aliphatic rings. The van der Waals surface area contributed by atoms with Crippen molar-refractivity contribution in [1.82, 2.24) is 20.7 Å². The molecule has 2 aromatic carbocycles. The molecule has 7 heteroatoms. The van der Waals surface area contributed by atoms with Gasteiger partial charge in [0.25, 0.3) is 5.91 Å². The van der Waals surface area contributed by atoms with E-state index >= 15 is 0 Å². The average molecular weight is 414 g/mol. The Kier molecular flexibility index (Phi) is 5.31. The van der Waals surface area contributed by atoms with Crippen LogP contribution in [0.5, 0.6) is 0 Å². The molecule has 0 atom stereocenters. The van der Waals surface area contributed by atoms with Crippen LogP contribution >= 0.6 is 0 Å². The second kappa shape index (κ2) is 8.55. The minimum Gasteiger partial charge on any atom is -0.421 e. The number of aromatic nitrogens is 3. The molecule has 0 saturated heterocycles. The fraction of sp³-hybridized carbons (Fsp3) is 0.250. The zero-order valence-corrected chi connectivity index (χ0v) is 17.0. The first-order chi connectivity index (χ1) is 15.3. The quantitative estimate of drug-likeness (QED) is 0.507. The molecule has 7 nitrogen and oxygen atoms in total. The van der Waals surface area contributed by atoms with Crippen molar-refractivity contribution < 1.29 is 13.7 Å². The molecule has 0 bridgehead atoms. The van der Waals surface area contributed by atoms with Crippen LogP contribution in [0.2, 0.25) is 0 Å². The van der Waals surface area contributed by atoms with Crippen LogP contribution in [0.3, 0.4) is 0 Å². The maximum Gasteiger partial charge on any atom is 0.273 e. The molecule has 0 spiro atoms. The lowest BCUT2D eigenvalue weighted by molar-refractivity contribution is 0.0944. The molecular formula is C24H22N4O3. The van der Waals surface area contributed by atoms with Gasteiger partial charge in [0.1, 0.15) is 0 Å². The Morgan fingerprint density at radius 1 is 0.935 bits per heavy atom.